The number of nitrogens with zero attached hydrogens (tertiary/aromatic N) is 8. The van der Waals surface area contributed by atoms with Crippen LogP contribution in [0.3, 0.4) is 0 Å². The number of nitrogen functional groups attached to an aromatic ring is 2. The van der Waals surface area contributed by atoms with Gasteiger partial charge in [0.1, 0.15) is 11.6 Å². The molecule has 0 aliphatic carbocycles. The number of amides is 1. The van der Waals surface area contributed by atoms with Crippen molar-refractivity contribution >= 4 is 34.0 Å². The first-order valence-electron chi connectivity index (χ1n) is 14.1. The van der Waals surface area contributed by atoms with Crippen LogP contribution >= 0.6 is 0 Å². The molecular formula is C32H25N11O3. The molecule has 226 valence electrons. The number of carbonyl (C=O) groups is 1. The van der Waals surface area contributed by atoms with Gasteiger partial charge >= 0.3 is 11.4 Å². The SMILES string of the molecule is Nc1ccn(-c2cnc3ccc(Cc4cc(C(=O)NCc5ncn6ccc(-n7ccc(N)nc7=O)cc56)ccn4)cc3c2)c(=O)n1. The molecule has 0 unspecified atom stereocenters. The van der Waals surface area contributed by atoms with Crippen molar-refractivity contribution < 1.29 is 4.79 Å². The Labute approximate surface area is 259 Å². The van der Waals surface area contributed by atoms with Crippen molar-refractivity contribution in [2.24, 2.45) is 0 Å². The molecule has 6 heterocycles. The van der Waals surface area contributed by atoms with Gasteiger partial charge in [0.15, 0.2) is 0 Å². The van der Waals surface area contributed by atoms with Gasteiger partial charge in [-0.15, -0.1) is 0 Å². The lowest BCUT2D eigenvalue weighted by Crippen LogP contribution is -2.23. The minimum atomic E-state index is -0.495. The zero-order valence-electron chi connectivity index (χ0n) is 24.1. The maximum atomic E-state index is 13.2. The highest BCUT2D eigenvalue weighted by Gasteiger charge is 2.12. The zero-order chi connectivity index (χ0) is 31.8. The predicted molar refractivity (Wildman–Crippen MR) is 171 cm³/mol. The number of hydrogen-bond acceptors (Lipinski definition) is 10. The van der Waals surface area contributed by atoms with Crippen molar-refractivity contribution in [1.29, 1.82) is 0 Å². The van der Waals surface area contributed by atoms with Crippen LogP contribution in [0.2, 0.25) is 0 Å². The number of fused-ring (bicyclic) bond motifs is 2. The van der Waals surface area contributed by atoms with Crippen LogP contribution in [-0.2, 0) is 13.0 Å². The number of hydrogen-bond donors (Lipinski definition) is 3. The summed E-state index contributed by atoms with van der Waals surface area (Å²) in [6.45, 7) is 0.165. The van der Waals surface area contributed by atoms with Crippen LogP contribution in [0.15, 0.2) is 108 Å². The predicted octanol–water partition coefficient (Wildman–Crippen LogP) is 2.05. The van der Waals surface area contributed by atoms with E-state index in [-0.39, 0.29) is 24.1 Å². The summed E-state index contributed by atoms with van der Waals surface area (Å²) in [5.74, 6) is 0.0107. The normalized spacial score (nSPS) is 11.2. The number of aromatic nitrogens is 8. The molecule has 6 aromatic heterocycles. The molecule has 0 radical (unpaired) electrons. The summed E-state index contributed by atoms with van der Waals surface area (Å²) in [4.78, 5) is 58.7. The smallest absolute Gasteiger partial charge is 0.354 e. The zero-order valence-corrected chi connectivity index (χ0v) is 24.1. The molecule has 0 saturated heterocycles. The average molecular weight is 612 g/mol. The molecule has 0 bridgehead atoms. The van der Waals surface area contributed by atoms with Crippen LogP contribution in [0.25, 0.3) is 27.8 Å². The Morgan fingerprint density at radius 3 is 2.30 bits per heavy atom. The number of rotatable bonds is 7. The number of nitrogens with one attached hydrogen (secondary N) is 1. The van der Waals surface area contributed by atoms with Gasteiger partial charge in [-0.25, -0.2) is 14.6 Å². The van der Waals surface area contributed by atoms with Crippen molar-refractivity contribution in [2.75, 3.05) is 11.5 Å². The van der Waals surface area contributed by atoms with Crippen LogP contribution in [0.5, 0.6) is 0 Å². The molecule has 1 amide bonds. The quantitative estimate of drug-likeness (QED) is 0.240. The molecule has 1 aromatic carbocycles. The van der Waals surface area contributed by atoms with E-state index in [1.807, 2.05) is 24.3 Å². The van der Waals surface area contributed by atoms with Crippen molar-refractivity contribution in [3.63, 3.8) is 0 Å². The molecule has 0 atom stereocenters. The Morgan fingerprint density at radius 1 is 0.783 bits per heavy atom. The monoisotopic (exact) mass is 611 g/mol. The van der Waals surface area contributed by atoms with Gasteiger partial charge in [-0.1, -0.05) is 6.07 Å². The summed E-state index contributed by atoms with van der Waals surface area (Å²) < 4.78 is 4.56. The molecule has 0 aliphatic heterocycles. The van der Waals surface area contributed by atoms with Crippen LogP contribution in [0.1, 0.15) is 27.3 Å². The van der Waals surface area contributed by atoms with E-state index in [0.717, 1.165) is 22.0 Å². The topological polar surface area (TPSA) is 194 Å². The minimum Gasteiger partial charge on any atom is -0.383 e. The van der Waals surface area contributed by atoms with Crippen LogP contribution < -0.4 is 28.2 Å². The summed E-state index contributed by atoms with van der Waals surface area (Å²) in [6.07, 6.45) is 10.2. The van der Waals surface area contributed by atoms with Crippen LogP contribution in [-0.4, -0.2) is 44.4 Å². The molecule has 0 aliphatic rings. The third kappa shape index (κ3) is 5.53. The first-order chi connectivity index (χ1) is 22.3. The second-order valence-electron chi connectivity index (χ2n) is 10.5. The Bertz CT molecular complexity index is 2410. The van der Waals surface area contributed by atoms with Crippen molar-refractivity contribution in [3.05, 3.63) is 141 Å². The number of anilines is 2. The van der Waals surface area contributed by atoms with Gasteiger partial charge in [0.25, 0.3) is 5.91 Å². The fourth-order valence-corrected chi connectivity index (χ4v) is 5.14. The van der Waals surface area contributed by atoms with Gasteiger partial charge in [-0.05, 0) is 60.2 Å². The fraction of sp³-hybridized carbons (Fsp3) is 0.0625. The van der Waals surface area contributed by atoms with Crippen molar-refractivity contribution in [3.8, 4) is 11.4 Å². The molecule has 14 heteroatoms. The van der Waals surface area contributed by atoms with Crippen LogP contribution in [0.4, 0.5) is 11.6 Å². The standard InChI is InChI=1S/C32H25N11O3/c33-28-5-9-42(31(45)39-28)23-4-8-41-18-38-26(27(41)15-23)17-37-30(44)20-3-7-35-22(13-20)12-19-1-2-25-21(11-19)14-24(16-36-25)43-10-6-29(34)40-32(43)46/h1-11,13-16,18H,12,17H2,(H,37,44)(H2,33,39,45)(H2,34,40,46). The highest BCUT2D eigenvalue weighted by atomic mass is 16.2. The van der Waals surface area contributed by atoms with Crippen molar-refractivity contribution in [2.45, 2.75) is 13.0 Å². The summed E-state index contributed by atoms with van der Waals surface area (Å²) in [7, 11) is 0. The van der Waals surface area contributed by atoms with Crippen molar-refractivity contribution in [1.82, 2.24) is 43.8 Å². The number of imidazole rings is 1. The van der Waals surface area contributed by atoms with Gasteiger partial charge in [-0.2, -0.15) is 9.97 Å². The van der Waals surface area contributed by atoms with Gasteiger partial charge in [0.2, 0.25) is 0 Å². The van der Waals surface area contributed by atoms with Crippen LogP contribution in [0, 0.1) is 0 Å². The molecule has 14 nitrogen and oxygen atoms in total. The molecule has 7 aromatic rings. The molecule has 0 fully saturated rings. The van der Waals surface area contributed by atoms with E-state index in [0.29, 0.717) is 34.7 Å². The lowest BCUT2D eigenvalue weighted by molar-refractivity contribution is 0.0950. The second-order valence-corrected chi connectivity index (χ2v) is 10.5. The maximum Gasteiger partial charge on any atom is 0.354 e. The van der Waals surface area contributed by atoms with E-state index in [1.165, 1.54) is 9.13 Å². The van der Waals surface area contributed by atoms with Gasteiger partial charge in [0, 0.05) is 47.9 Å². The summed E-state index contributed by atoms with van der Waals surface area (Å²) in [6, 6.07) is 17.7. The average Bonchev–Trinajstić information content (AvgIpc) is 3.45. The molecule has 7 rings (SSSR count). The number of carbonyl (C=O) groups excluding carboxylic acids is 1. The number of pyridine rings is 3. The third-order valence-electron chi connectivity index (χ3n) is 7.42. The Kier molecular flexibility index (Phi) is 6.98. The molecule has 46 heavy (non-hydrogen) atoms. The minimum absolute atomic E-state index is 0.143. The van der Waals surface area contributed by atoms with E-state index < -0.39 is 11.4 Å². The summed E-state index contributed by atoms with van der Waals surface area (Å²) in [5, 5.41) is 3.76. The molecule has 0 spiro atoms. The lowest BCUT2D eigenvalue weighted by Gasteiger charge is -2.09. The number of nitrogens with two attached hydrogens (primary N) is 2. The molecular weight excluding hydrogens is 586 g/mol. The van der Waals surface area contributed by atoms with Gasteiger partial charge in [-0.3, -0.25) is 23.9 Å². The lowest BCUT2D eigenvalue weighted by atomic mass is 10.0. The fourth-order valence-electron chi connectivity index (χ4n) is 5.14. The third-order valence-corrected chi connectivity index (χ3v) is 7.42. The molecule has 0 saturated carbocycles. The molecule has 5 N–H and O–H groups in total. The van der Waals surface area contributed by atoms with Gasteiger partial charge < -0.3 is 21.2 Å². The largest absolute Gasteiger partial charge is 0.383 e. The first-order valence-corrected chi connectivity index (χ1v) is 14.1. The highest BCUT2D eigenvalue weighted by Crippen LogP contribution is 2.20. The Balaban J connectivity index is 1.07. The summed E-state index contributed by atoms with van der Waals surface area (Å²) in [5.41, 5.74) is 15.6. The first kappa shape index (κ1) is 28.1. The van der Waals surface area contributed by atoms with E-state index in [9.17, 15) is 14.4 Å². The van der Waals surface area contributed by atoms with E-state index in [1.54, 1.807) is 78.1 Å². The second kappa shape index (κ2) is 11.4. The van der Waals surface area contributed by atoms with Gasteiger partial charge in [0.05, 0.1) is 47.2 Å². The van der Waals surface area contributed by atoms with E-state index >= 15 is 0 Å². The van der Waals surface area contributed by atoms with E-state index in [4.69, 9.17) is 11.5 Å². The summed E-state index contributed by atoms with van der Waals surface area (Å²) >= 11 is 0. The Morgan fingerprint density at radius 2 is 1.54 bits per heavy atom. The number of benzene rings is 1. The maximum absolute atomic E-state index is 13.2. The van der Waals surface area contributed by atoms with E-state index in [2.05, 4.69) is 30.2 Å². The highest BCUT2D eigenvalue weighted by molar-refractivity contribution is 5.94. The Hall–Kier alpha value is -6.70.